The highest BCUT2D eigenvalue weighted by Gasteiger charge is 2.22. The van der Waals surface area contributed by atoms with Gasteiger partial charge < -0.3 is 14.7 Å². The molecule has 0 heterocycles. The van der Waals surface area contributed by atoms with Crippen LogP contribution in [0.5, 0.6) is 0 Å². The molecule has 5 heteroatoms. The molecule has 3 nitrogen and oxygen atoms in total. The van der Waals surface area contributed by atoms with E-state index in [0.29, 0.717) is 5.41 Å². The van der Waals surface area contributed by atoms with Crippen LogP contribution in [0.4, 0.5) is 11.4 Å². The number of hydrogen-bond acceptors (Lipinski definition) is 5. The fourth-order valence-electron chi connectivity index (χ4n) is 5.00. The van der Waals surface area contributed by atoms with Crippen molar-refractivity contribution in [2.75, 3.05) is 56.6 Å². The monoisotopic (exact) mass is 537 g/mol. The predicted octanol–water partition coefficient (Wildman–Crippen LogP) is 9.74. The Hall–Kier alpha value is -0.520. The molecule has 0 aliphatic heterocycles. The Labute approximate surface area is 235 Å². The molecule has 0 aliphatic carbocycles. The van der Waals surface area contributed by atoms with Gasteiger partial charge in [0.15, 0.2) is 0 Å². The summed E-state index contributed by atoms with van der Waals surface area (Å²) < 4.78 is 1.78. The summed E-state index contributed by atoms with van der Waals surface area (Å²) in [6, 6.07) is 0. The molecule has 0 unspecified atom stereocenters. The Kier molecular flexibility index (Phi) is 17.4. The SMILES string of the molecule is CCCCCCCCN(CCCCCCCC)CCN(C)c1c(N(C)CCCC(C)(C)C)c(=S)c1=S. The third-order valence-corrected chi connectivity index (χ3v) is 8.38. The summed E-state index contributed by atoms with van der Waals surface area (Å²) in [5, 5.41) is 0. The highest BCUT2D eigenvalue weighted by Crippen LogP contribution is 2.38. The van der Waals surface area contributed by atoms with E-state index in [9.17, 15) is 0 Å². The van der Waals surface area contributed by atoms with Gasteiger partial charge in [-0.05, 0) is 44.2 Å². The minimum Gasteiger partial charge on any atom is -0.372 e. The van der Waals surface area contributed by atoms with E-state index in [2.05, 4.69) is 63.4 Å². The number of hydrogen-bond donors (Lipinski definition) is 0. The zero-order valence-corrected chi connectivity index (χ0v) is 26.7. The predicted molar refractivity (Wildman–Crippen MR) is 169 cm³/mol. The van der Waals surface area contributed by atoms with Gasteiger partial charge in [0, 0.05) is 33.7 Å². The summed E-state index contributed by atoms with van der Waals surface area (Å²) in [6.07, 6.45) is 18.8. The first-order valence-electron chi connectivity index (χ1n) is 15.1. The molecular weight excluding hydrogens is 478 g/mol. The molecule has 0 fully saturated rings. The second-order valence-corrected chi connectivity index (χ2v) is 13.1. The first-order chi connectivity index (χ1) is 17.1. The van der Waals surface area contributed by atoms with Crippen LogP contribution in [0.25, 0.3) is 0 Å². The highest BCUT2D eigenvalue weighted by atomic mass is 32.1. The fourth-order valence-corrected chi connectivity index (χ4v) is 5.70. The topological polar surface area (TPSA) is 9.72 Å². The molecule has 0 aromatic heterocycles. The molecule has 1 aromatic carbocycles. The summed E-state index contributed by atoms with van der Waals surface area (Å²) in [4.78, 5) is 7.44. The molecule has 0 aliphatic rings. The maximum Gasteiger partial charge on any atom is 0.0834 e. The molecule has 0 saturated carbocycles. The Morgan fingerprint density at radius 2 is 0.944 bits per heavy atom. The van der Waals surface area contributed by atoms with E-state index in [1.165, 1.54) is 114 Å². The zero-order valence-electron chi connectivity index (χ0n) is 25.1. The molecule has 1 aromatic rings. The minimum atomic E-state index is 0.375. The van der Waals surface area contributed by atoms with Crippen molar-refractivity contribution in [1.29, 1.82) is 0 Å². The first-order valence-corrected chi connectivity index (χ1v) is 15.9. The van der Waals surface area contributed by atoms with Crippen molar-refractivity contribution in [3.05, 3.63) is 9.02 Å². The van der Waals surface area contributed by atoms with E-state index in [1.54, 1.807) is 0 Å². The summed E-state index contributed by atoms with van der Waals surface area (Å²) in [5.41, 5.74) is 2.77. The van der Waals surface area contributed by atoms with Gasteiger partial charge in [-0.3, -0.25) is 0 Å². The van der Waals surface area contributed by atoms with Crippen LogP contribution in [0.3, 0.4) is 0 Å². The minimum absolute atomic E-state index is 0.375. The van der Waals surface area contributed by atoms with Gasteiger partial charge in [0.05, 0.1) is 20.4 Å². The highest BCUT2D eigenvalue weighted by molar-refractivity contribution is 7.74. The quantitative estimate of drug-likeness (QED) is 0.107. The number of rotatable bonds is 22. The van der Waals surface area contributed by atoms with E-state index in [1.807, 2.05) is 0 Å². The number of anilines is 2. The lowest BCUT2D eigenvalue weighted by molar-refractivity contribution is 0.266. The Morgan fingerprint density at radius 3 is 1.39 bits per heavy atom. The lowest BCUT2D eigenvalue weighted by Crippen LogP contribution is -2.36. The summed E-state index contributed by atoms with van der Waals surface area (Å²) in [7, 11) is 4.39. The number of nitrogens with zero attached hydrogens (tertiary/aromatic N) is 3. The average Bonchev–Trinajstić information content (AvgIpc) is 2.82. The first kappa shape index (κ1) is 33.5. The summed E-state index contributed by atoms with van der Waals surface area (Å²) in [5.74, 6) is 0. The molecule has 0 radical (unpaired) electrons. The van der Waals surface area contributed by atoms with Crippen molar-refractivity contribution >= 4 is 35.8 Å². The van der Waals surface area contributed by atoms with E-state index in [4.69, 9.17) is 24.4 Å². The van der Waals surface area contributed by atoms with E-state index >= 15 is 0 Å². The molecule has 1 rings (SSSR count). The van der Waals surface area contributed by atoms with E-state index < -0.39 is 0 Å². The van der Waals surface area contributed by atoms with Gasteiger partial charge in [-0.15, -0.1) is 0 Å². The molecule has 0 amide bonds. The van der Waals surface area contributed by atoms with Crippen molar-refractivity contribution < 1.29 is 0 Å². The Bertz CT molecular complexity index is 745. The Balaban J connectivity index is 2.63. The number of unbranched alkanes of at least 4 members (excludes halogenated alkanes) is 10. The van der Waals surface area contributed by atoms with Gasteiger partial charge >= 0.3 is 0 Å². The van der Waals surface area contributed by atoms with Crippen molar-refractivity contribution in [2.45, 2.75) is 125 Å². The third-order valence-electron chi connectivity index (χ3n) is 7.45. The normalized spacial score (nSPS) is 12.1. The van der Waals surface area contributed by atoms with Gasteiger partial charge in [-0.2, -0.15) is 0 Å². The van der Waals surface area contributed by atoms with E-state index in [-0.39, 0.29) is 0 Å². The van der Waals surface area contributed by atoms with Crippen molar-refractivity contribution in [3.63, 3.8) is 0 Å². The summed E-state index contributed by atoms with van der Waals surface area (Å²) >= 11 is 11.4. The van der Waals surface area contributed by atoms with Crippen LogP contribution in [-0.4, -0.2) is 51.7 Å². The van der Waals surface area contributed by atoms with Crippen molar-refractivity contribution in [3.8, 4) is 0 Å². The average molecular weight is 538 g/mol. The molecule has 36 heavy (non-hydrogen) atoms. The maximum atomic E-state index is 5.71. The molecule has 0 atom stereocenters. The van der Waals surface area contributed by atoms with Gasteiger partial charge in [0.2, 0.25) is 0 Å². The second-order valence-electron chi connectivity index (χ2n) is 12.2. The van der Waals surface area contributed by atoms with Crippen LogP contribution in [0.1, 0.15) is 125 Å². The zero-order chi connectivity index (χ0) is 27.0. The van der Waals surface area contributed by atoms with E-state index in [0.717, 1.165) is 28.7 Å². The van der Waals surface area contributed by atoms with Crippen LogP contribution < -0.4 is 9.80 Å². The summed E-state index contributed by atoms with van der Waals surface area (Å²) in [6.45, 7) is 17.2. The van der Waals surface area contributed by atoms with Crippen LogP contribution in [0.15, 0.2) is 0 Å². The standard InChI is InChI=1S/C31H59N3S2/c1-8-10-12-14-16-18-23-34(24-19-17-15-13-11-9-2)26-25-33(7)28-27(29(35)30(28)36)32(6)22-20-21-31(3,4)5/h8-26H2,1-7H3. The molecule has 0 bridgehead atoms. The maximum absolute atomic E-state index is 5.71. The molecule has 0 saturated heterocycles. The smallest absolute Gasteiger partial charge is 0.0834 e. The fraction of sp³-hybridized carbons (Fsp3) is 0.871. The molecule has 0 N–H and O–H groups in total. The van der Waals surface area contributed by atoms with Crippen molar-refractivity contribution in [1.82, 2.24) is 4.90 Å². The molecule has 0 spiro atoms. The Morgan fingerprint density at radius 1 is 0.528 bits per heavy atom. The van der Waals surface area contributed by atoms with Gasteiger partial charge in [-0.25, -0.2) is 0 Å². The van der Waals surface area contributed by atoms with Gasteiger partial charge in [0.1, 0.15) is 0 Å². The number of likely N-dealkylation sites (N-methyl/N-ethyl adjacent to an activating group) is 1. The van der Waals surface area contributed by atoms with Crippen LogP contribution >= 0.6 is 24.4 Å². The van der Waals surface area contributed by atoms with Crippen LogP contribution in [-0.2, 0) is 0 Å². The van der Waals surface area contributed by atoms with Crippen LogP contribution in [0.2, 0.25) is 0 Å². The van der Waals surface area contributed by atoms with Gasteiger partial charge in [-0.1, -0.05) is 123 Å². The lowest BCUT2D eigenvalue weighted by atomic mass is 9.90. The largest absolute Gasteiger partial charge is 0.372 e. The molecular formula is C31H59N3S2. The third kappa shape index (κ3) is 13.3. The lowest BCUT2D eigenvalue weighted by Gasteiger charge is -2.33. The van der Waals surface area contributed by atoms with Crippen molar-refractivity contribution in [2.24, 2.45) is 5.41 Å². The second kappa shape index (κ2) is 18.7. The van der Waals surface area contributed by atoms with Crippen LogP contribution in [0, 0.1) is 14.4 Å². The van der Waals surface area contributed by atoms with Gasteiger partial charge in [0.25, 0.3) is 0 Å². The molecule has 210 valence electrons.